The minimum atomic E-state index is -0.509. The Balaban J connectivity index is 2.53. The summed E-state index contributed by atoms with van der Waals surface area (Å²) >= 11 is 6.60. The van der Waals surface area contributed by atoms with Crippen molar-refractivity contribution in [2.24, 2.45) is 0 Å². The van der Waals surface area contributed by atoms with Gasteiger partial charge in [0.25, 0.3) is 5.91 Å². The van der Waals surface area contributed by atoms with Crippen molar-refractivity contribution < 1.29 is 9.18 Å². The number of halogens is 3. The summed E-state index contributed by atoms with van der Waals surface area (Å²) in [4.78, 5) is 12.2. The predicted molar refractivity (Wildman–Crippen MR) is 74.1 cm³/mol. The number of hydrogen-bond donors (Lipinski definition) is 1. The van der Waals surface area contributed by atoms with Gasteiger partial charge in [0.1, 0.15) is 5.82 Å². The lowest BCUT2D eigenvalue weighted by Gasteiger charge is -2.08. The van der Waals surface area contributed by atoms with E-state index < -0.39 is 5.82 Å². The van der Waals surface area contributed by atoms with Crippen molar-refractivity contribution in [2.45, 2.75) is 24.6 Å². The Labute approximate surface area is 117 Å². The first-order chi connectivity index (χ1) is 8.02. The van der Waals surface area contributed by atoms with Gasteiger partial charge in [0, 0.05) is 15.8 Å². The molecule has 0 saturated heterocycles. The molecule has 1 N–H and O–H groups in total. The molecule has 1 aromatic rings. The minimum Gasteiger partial charge on any atom is -0.352 e. The van der Waals surface area contributed by atoms with E-state index in [1.54, 1.807) is 12.1 Å². The van der Waals surface area contributed by atoms with Crippen LogP contribution in [0.2, 0.25) is 0 Å². The van der Waals surface area contributed by atoms with Crippen LogP contribution in [0.15, 0.2) is 22.7 Å². The van der Waals surface area contributed by atoms with Gasteiger partial charge in [-0.15, -0.1) is 0 Å². The molecule has 1 atom stereocenters. The SMILES string of the molecule is CC(Br)CCCNC(=O)c1c(F)cccc1Br. The maximum Gasteiger partial charge on any atom is 0.255 e. The van der Waals surface area contributed by atoms with E-state index in [0.29, 0.717) is 15.8 Å². The summed E-state index contributed by atoms with van der Waals surface area (Å²) in [6, 6.07) is 4.49. The molecule has 0 saturated carbocycles. The first-order valence-corrected chi connectivity index (χ1v) is 7.09. The van der Waals surface area contributed by atoms with E-state index in [4.69, 9.17) is 0 Å². The Morgan fingerprint density at radius 1 is 1.53 bits per heavy atom. The van der Waals surface area contributed by atoms with Crippen molar-refractivity contribution in [3.05, 3.63) is 34.1 Å². The van der Waals surface area contributed by atoms with Crippen molar-refractivity contribution in [1.29, 1.82) is 0 Å². The van der Waals surface area contributed by atoms with Crippen LogP contribution in [-0.4, -0.2) is 17.3 Å². The lowest BCUT2D eigenvalue weighted by Crippen LogP contribution is -2.26. The molecule has 2 nitrogen and oxygen atoms in total. The first-order valence-electron chi connectivity index (χ1n) is 5.38. The highest BCUT2D eigenvalue weighted by atomic mass is 79.9. The number of carbonyl (C=O) groups is 1. The summed E-state index contributed by atoms with van der Waals surface area (Å²) in [6.45, 7) is 2.60. The second-order valence-corrected chi connectivity index (χ2v) is 6.19. The van der Waals surface area contributed by atoms with Gasteiger partial charge in [-0.25, -0.2) is 4.39 Å². The van der Waals surface area contributed by atoms with Gasteiger partial charge in [-0.3, -0.25) is 4.79 Å². The highest BCUT2D eigenvalue weighted by Crippen LogP contribution is 2.19. The number of amides is 1. The highest BCUT2D eigenvalue weighted by molar-refractivity contribution is 9.10. The average molecular weight is 367 g/mol. The van der Waals surface area contributed by atoms with Crippen LogP contribution in [0.4, 0.5) is 4.39 Å². The maximum atomic E-state index is 13.4. The Bertz CT molecular complexity index is 376. The molecule has 0 heterocycles. The Morgan fingerprint density at radius 3 is 2.82 bits per heavy atom. The van der Waals surface area contributed by atoms with E-state index in [0.717, 1.165) is 12.8 Å². The molecule has 1 amide bonds. The van der Waals surface area contributed by atoms with Gasteiger partial charge >= 0.3 is 0 Å². The predicted octanol–water partition coefficient (Wildman–Crippen LogP) is 3.88. The molecule has 0 radical (unpaired) electrons. The molecule has 17 heavy (non-hydrogen) atoms. The minimum absolute atomic E-state index is 0.0689. The molecule has 0 bridgehead atoms. The fraction of sp³-hybridized carbons (Fsp3) is 0.417. The fourth-order valence-electron chi connectivity index (χ4n) is 1.39. The lowest BCUT2D eigenvalue weighted by atomic mass is 10.2. The summed E-state index contributed by atoms with van der Waals surface area (Å²) in [6.07, 6.45) is 1.84. The van der Waals surface area contributed by atoms with Crippen LogP contribution < -0.4 is 5.32 Å². The van der Waals surface area contributed by atoms with E-state index in [2.05, 4.69) is 44.1 Å². The molecule has 1 aromatic carbocycles. The summed E-state index contributed by atoms with van der Waals surface area (Å²) in [5.74, 6) is -0.886. The first kappa shape index (κ1) is 14.6. The normalized spacial score (nSPS) is 12.2. The van der Waals surface area contributed by atoms with Gasteiger partial charge in [0.15, 0.2) is 0 Å². The van der Waals surface area contributed by atoms with Crippen LogP contribution in [-0.2, 0) is 0 Å². The van der Waals surface area contributed by atoms with Gasteiger partial charge in [-0.05, 0) is 40.9 Å². The number of hydrogen-bond acceptors (Lipinski definition) is 1. The van der Waals surface area contributed by atoms with Gasteiger partial charge in [-0.1, -0.05) is 28.9 Å². The zero-order valence-corrected chi connectivity index (χ0v) is 12.6. The van der Waals surface area contributed by atoms with Crippen molar-refractivity contribution in [2.75, 3.05) is 6.54 Å². The third-order valence-corrected chi connectivity index (χ3v) is 3.37. The number of alkyl halides is 1. The molecule has 0 aromatic heterocycles. The Morgan fingerprint density at radius 2 is 2.24 bits per heavy atom. The summed E-state index contributed by atoms with van der Waals surface area (Å²) in [7, 11) is 0. The van der Waals surface area contributed by atoms with E-state index in [1.807, 2.05) is 0 Å². The monoisotopic (exact) mass is 365 g/mol. The molecule has 94 valence electrons. The quantitative estimate of drug-likeness (QED) is 0.621. The van der Waals surface area contributed by atoms with Crippen LogP contribution in [0.5, 0.6) is 0 Å². The number of rotatable bonds is 5. The van der Waals surface area contributed by atoms with Crippen LogP contribution >= 0.6 is 31.9 Å². The molecule has 0 aliphatic carbocycles. The van der Waals surface area contributed by atoms with Gasteiger partial charge < -0.3 is 5.32 Å². The summed E-state index contributed by atoms with van der Waals surface area (Å²) in [5, 5.41) is 2.71. The number of benzene rings is 1. The second kappa shape index (κ2) is 7.11. The van der Waals surface area contributed by atoms with Crippen molar-refractivity contribution in [3.8, 4) is 0 Å². The Kier molecular flexibility index (Phi) is 6.12. The largest absolute Gasteiger partial charge is 0.352 e. The van der Waals surface area contributed by atoms with E-state index in [9.17, 15) is 9.18 Å². The Hall–Kier alpha value is -0.420. The average Bonchev–Trinajstić information content (AvgIpc) is 2.24. The number of carbonyl (C=O) groups excluding carboxylic acids is 1. The summed E-state index contributed by atoms with van der Waals surface area (Å²) < 4.78 is 13.9. The molecule has 1 rings (SSSR count). The van der Waals surface area contributed by atoms with Crippen molar-refractivity contribution in [1.82, 2.24) is 5.32 Å². The second-order valence-electron chi connectivity index (χ2n) is 3.78. The van der Waals surface area contributed by atoms with Crippen LogP contribution in [0.25, 0.3) is 0 Å². The fourth-order valence-corrected chi connectivity index (χ4v) is 2.23. The van der Waals surface area contributed by atoms with Crippen molar-refractivity contribution >= 4 is 37.8 Å². The topological polar surface area (TPSA) is 29.1 Å². The van der Waals surface area contributed by atoms with Gasteiger partial charge in [0.05, 0.1) is 5.56 Å². The zero-order chi connectivity index (χ0) is 12.8. The highest BCUT2D eigenvalue weighted by Gasteiger charge is 2.14. The molecule has 0 aliphatic heterocycles. The maximum absolute atomic E-state index is 13.4. The summed E-state index contributed by atoms with van der Waals surface area (Å²) in [5.41, 5.74) is 0.0689. The number of nitrogens with one attached hydrogen (secondary N) is 1. The molecule has 0 aliphatic rings. The van der Waals surface area contributed by atoms with Crippen molar-refractivity contribution in [3.63, 3.8) is 0 Å². The van der Waals surface area contributed by atoms with Crippen LogP contribution in [0, 0.1) is 5.82 Å². The lowest BCUT2D eigenvalue weighted by molar-refractivity contribution is 0.0948. The molecule has 0 fully saturated rings. The third-order valence-electron chi connectivity index (χ3n) is 2.25. The molecular formula is C12H14Br2FNO. The molecule has 0 spiro atoms. The third kappa shape index (κ3) is 4.76. The van der Waals surface area contributed by atoms with E-state index in [1.165, 1.54) is 6.07 Å². The van der Waals surface area contributed by atoms with Gasteiger partial charge in [-0.2, -0.15) is 0 Å². The van der Waals surface area contributed by atoms with Gasteiger partial charge in [0.2, 0.25) is 0 Å². The molecule has 5 heteroatoms. The zero-order valence-electron chi connectivity index (χ0n) is 9.47. The van der Waals surface area contributed by atoms with Crippen LogP contribution in [0.1, 0.15) is 30.1 Å². The molecule has 1 unspecified atom stereocenters. The molecular weight excluding hydrogens is 353 g/mol. The smallest absolute Gasteiger partial charge is 0.255 e. The standard InChI is InChI=1S/C12H14Br2FNO/c1-8(13)4-3-7-16-12(17)11-9(14)5-2-6-10(11)15/h2,5-6,8H,3-4,7H2,1H3,(H,16,17). The van der Waals surface area contributed by atoms with E-state index >= 15 is 0 Å². The van der Waals surface area contributed by atoms with E-state index in [-0.39, 0.29) is 11.5 Å². The van der Waals surface area contributed by atoms with Crippen LogP contribution in [0.3, 0.4) is 0 Å².